The first-order valence-electron chi connectivity index (χ1n) is 11.6. The van der Waals surface area contributed by atoms with Gasteiger partial charge in [-0.1, -0.05) is 47.7 Å². The fourth-order valence-electron chi connectivity index (χ4n) is 4.59. The Labute approximate surface area is 210 Å². The molecule has 6 aromatic rings. The summed E-state index contributed by atoms with van der Waals surface area (Å²) in [5, 5.41) is 10.3. The molecule has 0 bridgehead atoms. The van der Waals surface area contributed by atoms with Crippen molar-refractivity contribution in [3.63, 3.8) is 0 Å². The van der Waals surface area contributed by atoms with Gasteiger partial charge in [0.25, 0.3) is 5.56 Å². The number of pyridine rings is 1. The molecule has 4 heterocycles. The summed E-state index contributed by atoms with van der Waals surface area (Å²) in [5.74, 6) is 0.646. The lowest BCUT2D eigenvalue weighted by molar-refractivity contribution is 0.768. The SMILES string of the molecule is Cc1nc2c(NC(C)c3cc4cccc(-c5cnn(C)c5)c4c(=O)n3-c3ccccc3)ncnc2s1. The van der Waals surface area contributed by atoms with Crippen molar-refractivity contribution < 1.29 is 0 Å². The van der Waals surface area contributed by atoms with Crippen LogP contribution in [0.1, 0.15) is 23.7 Å². The molecule has 9 heteroatoms. The van der Waals surface area contributed by atoms with Gasteiger partial charge < -0.3 is 5.32 Å². The summed E-state index contributed by atoms with van der Waals surface area (Å²) >= 11 is 1.53. The standard InChI is InChI=1S/C27H23N7OS/c1-16(31-25-24-26(29-15-28-25)36-17(2)32-24)22-12-18-8-7-11-21(19-13-30-33(3)14-19)23(18)27(35)34(22)20-9-5-4-6-10-20/h4-16H,1-3H3,(H,28,29,31). The zero-order valence-electron chi connectivity index (χ0n) is 20.0. The molecule has 36 heavy (non-hydrogen) atoms. The van der Waals surface area contributed by atoms with Crippen LogP contribution in [0.25, 0.3) is 37.9 Å². The van der Waals surface area contributed by atoms with Crippen molar-refractivity contribution >= 4 is 38.3 Å². The molecule has 178 valence electrons. The zero-order valence-corrected chi connectivity index (χ0v) is 20.8. The lowest BCUT2D eigenvalue weighted by Gasteiger charge is -2.22. The van der Waals surface area contributed by atoms with Crippen LogP contribution in [0.2, 0.25) is 0 Å². The number of nitrogens with one attached hydrogen (secondary N) is 1. The number of aryl methyl sites for hydroxylation is 2. The average Bonchev–Trinajstić information content (AvgIpc) is 3.49. The van der Waals surface area contributed by atoms with Gasteiger partial charge in [-0.25, -0.2) is 15.0 Å². The van der Waals surface area contributed by atoms with E-state index in [9.17, 15) is 4.79 Å². The van der Waals surface area contributed by atoms with E-state index < -0.39 is 0 Å². The van der Waals surface area contributed by atoms with Gasteiger partial charge in [0.2, 0.25) is 0 Å². The second kappa shape index (κ2) is 8.69. The zero-order chi connectivity index (χ0) is 24.8. The van der Waals surface area contributed by atoms with E-state index in [0.717, 1.165) is 43.2 Å². The molecule has 0 fully saturated rings. The molecule has 4 aromatic heterocycles. The normalized spacial score (nSPS) is 12.3. The van der Waals surface area contributed by atoms with Gasteiger partial charge in [-0.05, 0) is 43.0 Å². The number of hydrogen-bond donors (Lipinski definition) is 1. The maximum absolute atomic E-state index is 14.2. The Morgan fingerprint density at radius 3 is 2.67 bits per heavy atom. The lowest BCUT2D eigenvalue weighted by atomic mass is 9.99. The number of fused-ring (bicyclic) bond motifs is 2. The second-order valence-corrected chi connectivity index (χ2v) is 9.87. The van der Waals surface area contributed by atoms with Crippen LogP contribution < -0.4 is 10.9 Å². The topological polar surface area (TPSA) is 90.5 Å². The molecule has 0 radical (unpaired) electrons. The second-order valence-electron chi connectivity index (χ2n) is 8.69. The van der Waals surface area contributed by atoms with Gasteiger partial charge in [0.1, 0.15) is 16.7 Å². The number of nitrogens with zero attached hydrogens (tertiary/aromatic N) is 6. The summed E-state index contributed by atoms with van der Waals surface area (Å²) in [7, 11) is 1.87. The van der Waals surface area contributed by atoms with Crippen molar-refractivity contribution in [1.29, 1.82) is 0 Å². The van der Waals surface area contributed by atoms with E-state index in [0.29, 0.717) is 11.2 Å². The summed E-state index contributed by atoms with van der Waals surface area (Å²) in [6, 6.07) is 17.5. The number of thiazole rings is 1. The summed E-state index contributed by atoms with van der Waals surface area (Å²) in [4.78, 5) is 28.4. The van der Waals surface area contributed by atoms with E-state index in [-0.39, 0.29) is 11.6 Å². The minimum Gasteiger partial charge on any atom is -0.360 e. The van der Waals surface area contributed by atoms with E-state index >= 15 is 0 Å². The van der Waals surface area contributed by atoms with Gasteiger partial charge in [0, 0.05) is 30.2 Å². The molecule has 0 saturated heterocycles. The summed E-state index contributed by atoms with van der Waals surface area (Å²) in [5.41, 5.74) is 4.03. The molecule has 1 atom stereocenters. The Hall–Kier alpha value is -4.37. The highest BCUT2D eigenvalue weighted by molar-refractivity contribution is 7.18. The number of benzene rings is 2. The fraction of sp³-hybridized carbons (Fsp3) is 0.148. The monoisotopic (exact) mass is 493 g/mol. The number of aromatic nitrogens is 6. The summed E-state index contributed by atoms with van der Waals surface area (Å²) in [6.07, 6.45) is 5.25. The van der Waals surface area contributed by atoms with Crippen LogP contribution in [0.5, 0.6) is 0 Å². The molecule has 0 aliphatic carbocycles. The van der Waals surface area contributed by atoms with Gasteiger partial charge in [-0.3, -0.25) is 14.0 Å². The summed E-state index contributed by atoms with van der Waals surface area (Å²) in [6.45, 7) is 3.98. The molecule has 8 nitrogen and oxygen atoms in total. The van der Waals surface area contributed by atoms with Crippen LogP contribution in [-0.2, 0) is 7.05 Å². The Balaban J connectivity index is 1.56. The van der Waals surface area contributed by atoms with Crippen LogP contribution in [0.15, 0.2) is 78.1 Å². The molecule has 1 N–H and O–H groups in total. The van der Waals surface area contributed by atoms with Gasteiger partial charge in [-0.15, -0.1) is 0 Å². The smallest absolute Gasteiger partial charge is 0.263 e. The quantitative estimate of drug-likeness (QED) is 0.352. The highest BCUT2D eigenvalue weighted by Gasteiger charge is 2.20. The predicted molar refractivity (Wildman–Crippen MR) is 144 cm³/mol. The molecule has 0 aliphatic rings. The highest BCUT2D eigenvalue weighted by atomic mass is 32.1. The Morgan fingerprint density at radius 2 is 1.89 bits per heavy atom. The van der Waals surface area contributed by atoms with E-state index in [4.69, 9.17) is 0 Å². The maximum Gasteiger partial charge on any atom is 0.263 e. The molecule has 6 rings (SSSR count). The van der Waals surface area contributed by atoms with E-state index in [2.05, 4.69) is 31.4 Å². The third kappa shape index (κ3) is 3.74. The Morgan fingerprint density at radius 1 is 1.06 bits per heavy atom. The number of rotatable bonds is 5. The van der Waals surface area contributed by atoms with Gasteiger partial charge in [0.15, 0.2) is 5.82 Å². The van der Waals surface area contributed by atoms with E-state index in [1.807, 2.05) is 75.6 Å². The van der Waals surface area contributed by atoms with Gasteiger partial charge in [-0.2, -0.15) is 5.10 Å². The van der Waals surface area contributed by atoms with Crippen molar-refractivity contribution in [3.8, 4) is 16.8 Å². The predicted octanol–water partition coefficient (Wildman–Crippen LogP) is 5.27. The van der Waals surface area contributed by atoms with Crippen molar-refractivity contribution in [2.45, 2.75) is 19.9 Å². The molecule has 2 aromatic carbocycles. The third-order valence-corrected chi connectivity index (χ3v) is 7.08. The third-order valence-electron chi connectivity index (χ3n) is 6.20. The first kappa shape index (κ1) is 22.1. The van der Waals surface area contributed by atoms with Crippen LogP contribution in [0.4, 0.5) is 5.82 Å². The Kier molecular flexibility index (Phi) is 5.34. The Bertz CT molecular complexity index is 1790. The van der Waals surface area contributed by atoms with Crippen LogP contribution in [0, 0.1) is 6.92 Å². The number of anilines is 1. The summed E-state index contributed by atoms with van der Waals surface area (Å²) < 4.78 is 3.53. The molecule has 0 amide bonds. The minimum absolute atomic E-state index is 0.0841. The van der Waals surface area contributed by atoms with Gasteiger partial charge in [0.05, 0.1) is 22.6 Å². The number of hydrogen-bond acceptors (Lipinski definition) is 7. The molecule has 0 saturated carbocycles. The van der Waals surface area contributed by atoms with Crippen molar-refractivity contribution in [2.24, 2.45) is 7.05 Å². The van der Waals surface area contributed by atoms with Crippen molar-refractivity contribution in [1.82, 2.24) is 29.3 Å². The van der Waals surface area contributed by atoms with Crippen LogP contribution in [-0.4, -0.2) is 29.3 Å². The molecule has 1 unspecified atom stereocenters. The van der Waals surface area contributed by atoms with Crippen molar-refractivity contribution in [3.05, 3.63) is 94.4 Å². The lowest BCUT2D eigenvalue weighted by Crippen LogP contribution is -2.26. The first-order valence-corrected chi connectivity index (χ1v) is 12.4. The van der Waals surface area contributed by atoms with Crippen molar-refractivity contribution in [2.75, 3.05) is 5.32 Å². The molecular formula is C27H23N7OS. The van der Waals surface area contributed by atoms with Gasteiger partial charge >= 0.3 is 0 Å². The highest BCUT2D eigenvalue weighted by Crippen LogP contribution is 2.31. The molecule has 0 aliphatic heterocycles. The van der Waals surface area contributed by atoms with Crippen LogP contribution in [0.3, 0.4) is 0 Å². The minimum atomic E-state index is -0.246. The first-order chi connectivity index (χ1) is 17.5. The van der Waals surface area contributed by atoms with E-state index in [1.54, 1.807) is 21.8 Å². The maximum atomic E-state index is 14.2. The molecule has 0 spiro atoms. The number of para-hydroxylation sites is 1. The average molecular weight is 494 g/mol. The fourth-order valence-corrected chi connectivity index (χ4v) is 5.34. The van der Waals surface area contributed by atoms with E-state index in [1.165, 1.54) is 11.3 Å². The van der Waals surface area contributed by atoms with Crippen LogP contribution >= 0.6 is 11.3 Å². The largest absolute Gasteiger partial charge is 0.360 e. The molecular weight excluding hydrogens is 470 g/mol.